The summed E-state index contributed by atoms with van der Waals surface area (Å²) in [5.41, 5.74) is -0.723. The average Bonchev–Trinajstić information content (AvgIpc) is 3.21. The predicted octanol–water partition coefficient (Wildman–Crippen LogP) is 3.15. The molecule has 5 rings (SSSR count). The second-order valence-electron chi connectivity index (χ2n) is 9.23. The minimum Gasteiger partial charge on any atom is -0.497 e. The van der Waals surface area contributed by atoms with Crippen LogP contribution < -0.4 is 19.5 Å². The lowest BCUT2D eigenvalue weighted by Gasteiger charge is -2.40. The first-order chi connectivity index (χ1) is 16.8. The Hall–Kier alpha value is -3.55. The monoisotopic (exact) mass is 475 g/mol. The standard InChI is InChI=1S/C28H29NO6/c1-16-14-21(34-4)24-22(15-16)35-28(19-10-12-20(33-3)13-11-19)23(18-8-6-5-7-9-18)25(29-17(2)30)26(31)27(24,28)32/h5-15,23,25-26,31-32H,1-4H3,(H,29,30)/t23-,25-,26-,27+,28+/m1/s1. The van der Waals surface area contributed by atoms with E-state index in [1.807, 2.05) is 55.5 Å². The molecule has 182 valence electrons. The predicted molar refractivity (Wildman–Crippen MR) is 130 cm³/mol. The summed E-state index contributed by atoms with van der Waals surface area (Å²) in [7, 11) is 3.10. The molecule has 2 aliphatic rings. The Morgan fingerprint density at radius 3 is 2.31 bits per heavy atom. The molecule has 1 aliphatic carbocycles. The van der Waals surface area contributed by atoms with E-state index < -0.39 is 29.3 Å². The number of nitrogens with one attached hydrogen (secondary N) is 1. The molecule has 0 spiro atoms. The van der Waals surface area contributed by atoms with Crippen LogP contribution in [0.3, 0.4) is 0 Å². The van der Waals surface area contributed by atoms with Crippen molar-refractivity contribution in [1.29, 1.82) is 0 Å². The fourth-order valence-electron chi connectivity index (χ4n) is 5.93. The molecule has 0 saturated heterocycles. The molecule has 5 atom stereocenters. The van der Waals surface area contributed by atoms with Gasteiger partial charge in [0.25, 0.3) is 0 Å². The maximum Gasteiger partial charge on any atom is 0.217 e. The number of benzene rings is 3. The van der Waals surface area contributed by atoms with Crippen LogP contribution in [0.25, 0.3) is 0 Å². The van der Waals surface area contributed by atoms with Crippen molar-refractivity contribution in [1.82, 2.24) is 5.32 Å². The molecule has 3 N–H and O–H groups in total. The van der Waals surface area contributed by atoms with Crippen molar-refractivity contribution in [2.45, 2.75) is 43.1 Å². The number of ether oxygens (including phenoxy) is 3. The van der Waals surface area contributed by atoms with Gasteiger partial charge in [0.05, 0.1) is 31.7 Å². The van der Waals surface area contributed by atoms with Crippen LogP contribution in [-0.2, 0) is 16.0 Å². The number of rotatable bonds is 5. The molecule has 1 heterocycles. The van der Waals surface area contributed by atoms with E-state index in [0.29, 0.717) is 28.4 Å². The number of methoxy groups -OCH3 is 2. The van der Waals surface area contributed by atoms with E-state index in [4.69, 9.17) is 14.2 Å². The van der Waals surface area contributed by atoms with Crippen molar-refractivity contribution in [2.75, 3.05) is 14.2 Å². The molecule has 1 fully saturated rings. The molecular formula is C28H29NO6. The number of carbonyl (C=O) groups excluding carboxylic acids is 1. The third kappa shape index (κ3) is 3.15. The Morgan fingerprint density at radius 1 is 1.03 bits per heavy atom. The summed E-state index contributed by atoms with van der Waals surface area (Å²) in [5, 5.41) is 27.4. The van der Waals surface area contributed by atoms with Gasteiger partial charge in [-0.25, -0.2) is 0 Å². The Labute approximate surface area is 204 Å². The van der Waals surface area contributed by atoms with Crippen LogP contribution in [0, 0.1) is 6.92 Å². The topological polar surface area (TPSA) is 97.2 Å². The molecule has 0 unspecified atom stereocenters. The second kappa shape index (κ2) is 8.29. The third-order valence-electron chi connectivity index (χ3n) is 7.26. The smallest absolute Gasteiger partial charge is 0.217 e. The normalized spacial score (nSPS) is 28.6. The van der Waals surface area contributed by atoms with Crippen LogP contribution in [0.5, 0.6) is 17.2 Å². The first-order valence-electron chi connectivity index (χ1n) is 11.5. The molecular weight excluding hydrogens is 446 g/mol. The fourth-order valence-corrected chi connectivity index (χ4v) is 5.93. The number of hydrogen-bond acceptors (Lipinski definition) is 6. The summed E-state index contributed by atoms with van der Waals surface area (Å²) in [6, 6.07) is 19.5. The van der Waals surface area contributed by atoms with Gasteiger partial charge in [-0.15, -0.1) is 0 Å². The van der Waals surface area contributed by atoms with E-state index in [1.165, 1.54) is 14.0 Å². The van der Waals surface area contributed by atoms with Gasteiger partial charge in [-0.3, -0.25) is 4.79 Å². The van der Waals surface area contributed by atoms with Crippen molar-refractivity contribution in [3.05, 3.63) is 89.0 Å². The highest BCUT2D eigenvalue weighted by atomic mass is 16.5. The minimum absolute atomic E-state index is 0.320. The molecule has 35 heavy (non-hydrogen) atoms. The van der Waals surface area contributed by atoms with E-state index in [2.05, 4.69) is 5.32 Å². The summed E-state index contributed by atoms with van der Waals surface area (Å²) >= 11 is 0. The molecule has 3 aromatic carbocycles. The van der Waals surface area contributed by atoms with E-state index in [9.17, 15) is 15.0 Å². The summed E-state index contributed by atoms with van der Waals surface area (Å²) in [6.07, 6.45) is -1.41. The lowest BCUT2D eigenvalue weighted by molar-refractivity contribution is -0.151. The lowest BCUT2D eigenvalue weighted by Crippen LogP contribution is -2.52. The fraction of sp³-hybridized carbons (Fsp3) is 0.321. The van der Waals surface area contributed by atoms with Crippen LogP contribution in [0.4, 0.5) is 0 Å². The molecule has 7 nitrogen and oxygen atoms in total. The highest BCUT2D eigenvalue weighted by Crippen LogP contribution is 2.68. The second-order valence-corrected chi connectivity index (χ2v) is 9.23. The van der Waals surface area contributed by atoms with Gasteiger partial charge in [-0.1, -0.05) is 42.5 Å². The van der Waals surface area contributed by atoms with Gasteiger partial charge in [0.2, 0.25) is 5.91 Å². The van der Waals surface area contributed by atoms with Crippen LogP contribution in [0.15, 0.2) is 66.7 Å². The zero-order valence-corrected chi connectivity index (χ0v) is 20.1. The first-order valence-corrected chi connectivity index (χ1v) is 11.5. The summed E-state index contributed by atoms with van der Waals surface area (Å²) < 4.78 is 17.8. The zero-order valence-electron chi connectivity index (χ0n) is 20.1. The highest BCUT2D eigenvalue weighted by Gasteiger charge is 2.77. The van der Waals surface area contributed by atoms with Gasteiger partial charge in [0.1, 0.15) is 23.4 Å². The van der Waals surface area contributed by atoms with Crippen molar-refractivity contribution in [2.24, 2.45) is 0 Å². The van der Waals surface area contributed by atoms with Gasteiger partial charge in [-0.05, 0) is 47.9 Å². The van der Waals surface area contributed by atoms with Gasteiger partial charge in [-0.2, -0.15) is 0 Å². The first kappa shape index (κ1) is 23.2. The van der Waals surface area contributed by atoms with Crippen LogP contribution in [0.2, 0.25) is 0 Å². The molecule has 0 aromatic heterocycles. The Bertz CT molecular complexity index is 1260. The number of aliphatic hydroxyl groups is 2. The maximum atomic E-state index is 12.7. The van der Waals surface area contributed by atoms with Gasteiger partial charge in [0.15, 0.2) is 11.2 Å². The number of amides is 1. The Morgan fingerprint density at radius 2 is 1.71 bits per heavy atom. The number of aryl methyl sites for hydroxylation is 1. The van der Waals surface area contributed by atoms with Crippen LogP contribution in [0.1, 0.15) is 35.1 Å². The summed E-state index contributed by atoms with van der Waals surface area (Å²) in [4.78, 5) is 12.3. The Kier molecular flexibility index (Phi) is 5.49. The number of hydrogen-bond donors (Lipinski definition) is 3. The average molecular weight is 476 g/mol. The summed E-state index contributed by atoms with van der Waals surface area (Å²) in [5.74, 6) is 0.525. The highest BCUT2D eigenvalue weighted by molar-refractivity contribution is 5.74. The number of carbonyl (C=O) groups is 1. The van der Waals surface area contributed by atoms with E-state index in [1.54, 1.807) is 25.3 Å². The lowest BCUT2D eigenvalue weighted by atomic mass is 9.71. The van der Waals surface area contributed by atoms with Gasteiger partial charge in [0, 0.05) is 6.92 Å². The molecule has 1 aliphatic heterocycles. The van der Waals surface area contributed by atoms with Crippen molar-refractivity contribution < 1.29 is 29.2 Å². The number of fused-ring (bicyclic) bond motifs is 3. The molecule has 3 aromatic rings. The molecule has 0 radical (unpaired) electrons. The van der Waals surface area contributed by atoms with Crippen molar-refractivity contribution in [3.63, 3.8) is 0 Å². The zero-order chi connectivity index (χ0) is 25.0. The molecule has 0 bridgehead atoms. The van der Waals surface area contributed by atoms with E-state index in [-0.39, 0.29) is 5.91 Å². The number of aliphatic hydroxyl groups excluding tert-OH is 1. The maximum absolute atomic E-state index is 12.7. The van der Waals surface area contributed by atoms with Crippen LogP contribution in [-0.4, -0.2) is 42.5 Å². The largest absolute Gasteiger partial charge is 0.497 e. The van der Waals surface area contributed by atoms with Crippen molar-refractivity contribution >= 4 is 5.91 Å². The molecule has 1 amide bonds. The van der Waals surface area contributed by atoms with Gasteiger partial charge < -0.3 is 29.7 Å². The van der Waals surface area contributed by atoms with Gasteiger partial charge >= 0.3 is 0 Å². The Balaban J connectivity index is 1.86. The summed E-state index contributed by atoms with van der Waals surface area (Å²) in [6.45, 7) is 3.31. The minimum atomic E-state index is -1.94. The molecule has 1 saturated carbocycles. The van der Waals surface area contributed by atoms with Crippen LogP contribution >= 0.6 is 0 Å². The van der Waals surface area contributed by atoms with E-state index >= 15 is 0 Å². The molecule has 7 heteroatoms. The van der Waals surface area contributed by atoms with Crippen molar-refractivity contribution in [3.8, 4) is 17.2 Å². The van der Waals surface area contributed by atoms with E-state index in [0.717, 1.165) is 11.1 Å². The quantitative estimate of drug-likeness (QED) is 0.525. The SMILES string of the molecule is COc1ccc([C@@]23Oc4cc(C)cc(OC)c4[C@]2(O)[C@H](O)[C@H](NC(C)=O)[C@H]3c2ccccc2)cc1. The third-order valence-corrected chi connectivity index (χ3v) is 7.26.